The maximum Gasteiger partial charge on any atom is 0.318 e. The van der Waals surface area contributed by atoms with Crippen LogP contribution in [0.2, 0.25) is 0 Å². The van der Waals surface area contributed by atoms with E-state index in [4.69, 9.17) is 19.7 Å². The molecule has 0 radical (unpaired) electrons. The standard InChI is InChI=1S/C10H15N3O4/c1-4-5-7-8(17-10(2,3)16-7)6(12-13-11)9(14)15-5/h5-8H,4H2,1-3H3/t5-,6+,7+,8-/m1/s1. The van der Waals surface area contributed by atoms with Crippen LogP contribution >= 0.6 is 0 Å². The molecule has 0 bridgehead atoms. The highest BCUT2D eigenvalue weighted by Gasteiger charge is 2.54. The van der Waals surface area contributed by atoms with Gasteiger partial charge in [0.1, 0.15) is 18.3 Å². The third-order valence-corrected chi connectivity index (χ3v) is 2.93. The monoisotopic (exact) mass is 241 g/mol. The summed E-state index contributed by atoms with van der Waals surface area (Å²) < 4.78 is 16.5. The Hall–Kier alpha value is -1.30. The first-order valence-electron chi connectivity index (χ1n) is 5.59. The van der Waals surface area contributed by atoms with E-state index in [1.54, 1.807) is 13.8 Å². The Balaban J connectivity index is 2.30. The Morgan fingerprint density at radius 1 is 1.41 bits per heavy atom. The number of ether oxygens (including phenoxy) is 3. The maximum absolute atomic E-state index is 11.7. The number of hydrogen-bond acceptors (Lipinski definition) is 5. The van der Waals surface area contributed by atoms with Gasteiger partial charge in [-0.15, -0.1) is 0 Å². The quantitative estimate of drug-likeness (QED) is 0.317. The molecule has 0 amide bonds. The van der Waals surface area contributed by atoms with Gasteiger partial charge in [0.2, 0.25) is 0 Å². The molecule has 0 aromatic heterocycles. The second-order valence-corrected chi connectivity index (χ2v) is 4.60. The van der Waals surface area contributed by atoms with Gasteiger partial charge < -0.3 is 14.2 Å². The van der Waals surface area contributed by atoms with Gasteiger partial charge in [-0.25, -0.2) is 0 Å². The van der Waals surface area contributed by atoms with Crippen molar-refractivity contribution in [3.05, 3.63) is 10.4 Å². The summed E-state index contributed by atoms with van der Waals surface area (Å²) in [4.78, 5) is 14.3. The lowest BCUT2D eigenvalue weighted by Gasteiger charge is -2.33. The van der Waals surface area contributed by atoms with Crippen LogP contribution in [-0.4, -0.2) is 36.1 Å². The van der Waals surface area contributed by atoms with Gasteiger partial charge in [0.15, 0.2) is 11.8 Å². The summed E-state index contributed by atoms with van der Waals surface area (Å²) in [6.07, 6.45) is -0.648. The smallest absolute Gasteiger partial charge is 0.318 e. The van der Waals surface area contributed by atoms with E-state index >= 15 is 0 Å². The highest BCUT2D eigenvalue weighted by atomic mass is 16.8. The number of carbonyl (C=O) groups excluding carboxylic acids is 1. The Morgan fingerprint density at radius 3 is 2.65 bits per heavy atom. The summed E-state index contributed by atoms with van der Waals surface area (Å²) in [5, 5.41) is 3.44. The van der Waals surface area contributed by atoms with E-state index in [-0.39, 0.29) is 12.2 Å². The molecule has 17 heavy (non-hydrogen) atoms. The summed E-state index contributed by atoms with van der Waals surface area (Å²) in [5.41, 5.74) is 8.46. The largest absolute Gasteiger partial charge is 0.459 e. The maximum atomic E-state index is 11.7. The van der Waals surface area contributed by atoms with Crippen LogP contribution in [0.3, 0.4) is 0 Å². The minimum atomic E-state index is -0.963. The second kappa shape index (κ2) is 4.18. The highest BCUT2D eigenvalue weighted by molar-refractivity contribution is 5.78. The highest BCUT2D eigenvalue weighted by Crippen LogP contribution is 2.37. The first-order valence-corrected chi connectivity index (χ1v) is 5.59. The number of azide groups is 1. The number of carbonyl (C=O) groups is 1. The first kappa shape index (κ1) is 12.2. The third kappa shape index (κ3) is 2.09. The molecule has 2 heterocycles. The van der Waals surface area contributed by atoms with Gasteiger partial charge in [-0.1, -0.05) is 12.0 Å². The molecule has 0 aromatic rings. The normalized spacial score (nSPS) is 39.1. The number of rotatable bonds is 2. The van der Waals surface area contributed by atoms with Crippen LogP contribution in [0, 0.1) is 0 Å². The zero-order chi connectivity index (χ0) is 12.6. The molecule has 0 N–H and O–H groups in total. The minimum Gasteiger partial charge on any atom is -0.459 e. The van der Waals surface area contributed by atoms with Crippen molar-refractivity contribution in [3.63, 3.8) is 0 Å². The van der Waals surface area contributed by atoms with E-state index < -0.39 is 23.9 Å². The molecule has 0 aliphatic carbocycles. The molecule has 94 valence electrons. The lowest BCUT2D eigenvalue weighted by Crippen LogP contribution is -2.52. The minimum absolute atomic E-state index is 0.348. The number of fused-ring (bicyclic) bond motifs is 1. The van der Waals surface area contributed by atoms with E-state index in [0.717, 1.165) is 0 Å². The third-order valence-electron chi connectivity index (χ3n) is 2.93. The predicted octanol–water partition coefficient (Wildman–Crippen LogP) is 1.52. The number of nitrogens with zero attached hydrogens (tertiary/aromatic N) is 3. The van der Waals surface area contributed by atoms with E-state index in [2.05, 4.69) is 10.0 Å². The van der Waals surface area contributed by atoms with Gasteiger partial charge in [-0.05, 0) is 25.8 Å². The predicted molar refractivity (Wildman–Crippen MR) is 56.9 cm³/mol. The molecule has 2 aliphatic rings. The van der Waals surface area contributed by atoms with Gasteiger partial charge in [0, 0.05) is 4.91 Å². The molecular weight excluding hydrogens is 226 g/mol. The van der Waals surface area contributed by atoms with E-state index in [1.807, 2.05) is 6.92 Å². The molecular formula is C10H15N3O4. The molecule has 0 aromatic carbocycles. The molecule has 0 spiro atoms. The van der Waals surface area contributed by atoms with Crippen LogP contribution in [0.4, 0.5) is 0 Å². The van der Waals surface area contributed by atoms with Crippen molar-refractivity contribution in [1.29, 1.82) is 0 Å². The van der Waals surface area contributed by atoms with E-state index in [1.165, 1.54) is 0 Å². The van der Waals surface area contributed by atoms with Gasteiger partial charge in [-0.3, -0.25) is 4.79 Å². The van der Waals surface area contributed by atoms with E-state index in [9.17, 15) is 4.79 Å². The SMILES string of the molecule is CC[C@H]1OC(=O)[C@@H](N=[N+]=[N-])[C@H]2OC(C)(C)O[C@H]21. The average Bonchev–Trinajstić information content (AvgIpc) is 2.57. The van der Waals surface area contributed by atoms with Gasteiger partial charge in [0.05, 0.1) is 0 Å². The molecule has 0 unspecified atom stereocenters. The molecule has 2 saturated heterocycles. The van der Waals surface area contributed by atoms with Crippen LogP contribution in [-0.2, 0) is 19.0 Å². The Labute approximate surface area is 98.6 Å². The first-order chi connectivity index (χ1) is 7.98. The van der Waals surface area contributed by atoms with Gasteiger partial charge in [0.25, 0.3) is 0 Å². The van der Waals surface area contributed by atoms with Crippen LogP contribution in [0.5, 0.6) is 0 Å². The lowest BCUT2D eigenvalue weighted by atomic mass is 9.97. The fourth-order valence-electron chi connectivity index (χ4n) is 2.25. The summed E-state index contributed by atoms with van der Waals surface area (Å²) >= 11 is 0. The van der Waals surface area contributed by atoms with Gasteiger partial charge >= 0.3 is 5.97 Å². The fraction of sp³-hybridized carbons (Fsp3) is 0.900. The second-order valence-electron chi connectivity index (χ2n) is 4.60. The van der Waals surface area contributed by atoms with Crippen molar-refractivity contribution in [2.75, 3.05) is 0 Å². The molecule has 4 atom stereocenters. The summed E-state index contributed by atoms with van der Waals surface area (Å²) in [6.45, 7) is 5.42. The Morgan fingerprint density at radius 2 is 2.06 bits per heavy atom. The number of esters is 1. The van der Waals surface area contributed by atoms with Gasteiger partial charge in [-0.2, -0.15) is 0 Å². The van der Waals surface area contributed by atoms with Crippen molar-refractivity contribution in [3.8, 4) is 0 Å². The zero-order valence-electron chi connectivity index (χ0n) is 9.99. The van der Waals surface area contributed by atoms with Crippen molar-refractivity contribution in [2.45, 2.75) is 57.3 Å². The molecule has 7 nitrogen and oxygen atoms in total. The lowest BCUT2D eigenvalue weighted by molar-refractivity contribution is -0.172. The molecule has 2 fully saturated rings. The van der Waals surface area contributed by atoms with E-state index in [0.29, 0.717) is 6.42 Å². The summed E-state index contributed by atoms with van der Waals surface area (Å²) in [7, 11) is 0. The van der Waals surface area contributed by atoms with Crippen molar-refractivity contribution in [1.82, 2.24) is 0 Å². The topological polar surface area (TPSA) is 93.5 Å². The van der Waals surface area contributed by atoms with Crippen molar-refractivity contribution < 1.29 is 19.0 Å². The van der Waals surface area contributed by atoms with Crippen LogP contribution in [0.25, 0.3) is 10.4 Å². The summed E-state index contributed by atoms with van der Waals surface area (Å²) in [6, 6.07) is -0.963. The van der Waals surface area contributed by atoms with Crippen molar-refractivity contribution in [2.24, 2.45) is 5.11 Å². The molecule has 7 heteroatoms. The zero-order valence-corrected chi connectivity index (χ0v) is 9.99. The number of cyclic esters (lactones) is 1. The molecule has 0 saturated carbocycles. The fourth-order valence-corrected chi connectivity index (χ4v) is 2.25. The average molecular weight is 241 g/mol. The Bertz CT molecular complexity index is 378. The molecule has 2 rings (SSSR count). The van der Waals surface area contributed by atoms with Crippen LogP contribution in [0.15, 0.2) is 5.11 Å². The number of hydrogen-bond donors (Lipinski definition) is 0. The summed E-state index contributed by atoms with van der Waals surface area (Å²) in [5.74, 6) is -1.34. The van der Waals surface area contributed by atoms with Crippen LogP contribution < -0.4 is 0 Å². The Kier molecular flexibility index (Phi) is 2.99. The van der Waals surface area contributed by atoms with Crippen molar-refractivity contribution >= 4 is 5.97 Å². The van der Waals surface area contributed by atoms with Crippen LogP contribution in [0.1, 0.15) is 27.2 Å². The molecule has 2 aliphatic heterocycles.